The van der Waals surface area contributed by atoms with Crippen LogP contribution in [0, 0.1) is 0 Å². The summed E-state index contributed by atoms with van der Waals surface area (Å²) in [5.74, 6) is 1.06. The van der Waals surface area contributed by atoms with Crippen molar-refractivity contribution >= 4 is 5.96 Å². The highest BCUT2D eigenvalue weighted by Crippen LogP contribution is 2.16. The number of hydrogen-bond donors (Lipinski definition) is 3. The average molecular weight is 425 g/mol. The van der Waals surface area contributed by atoms with Gasteiger partial charge in [0.1, 0.15) is 5.75 Å². The van der Waals surface area contributed by atoms with Crippen LogP contribution < -0.4 is 10.6 Å². The molecule has 0 spiro atoms. The summed E-state index contributed by atoms with van der Waals surface area (Å²) < 4.78 is 6.11. The van der Waals surface area contributed by atoms with Crippen molar-refractivity contribution in [2.45, 2.75) is 45.4 Å². The first-order valence-corrected chi connectivity index (χ1v) is 11.4. The summed E-state index contributed by atoms with van der Waals surface area (Å²) in [5, 5.41) is 16.2. The molecule has 168 valence electrons. The van der Waals surface area contributed by atoms with E-state index in [1.165, 1.54) is 5.56 Å². The number of phenols is 1. The van der Waals surface area contributed by atoms with Crippen molar-refractivity contribution in [3.63, 3.8) is 0 Å². The van der Waals surface area contributed by atoms with E-state index >= 15 is 0 Å². The van der Waals surface area contributed by atoms with Crippen LogP contribution in [-0.2, 0) is 17.8 Å². The van der Waals surface area contributed by atoms with Gasteiger partial charge in [-0.3, -0.25) is 4.90 Å². The molecule has 1 fully saturated rings. The maximum Gasteiger partial charge on any atom is 0.191 e. The van der Waals surface area contributed by atoms with Gasteiger partial charge in [0, 0.05) is 39.3 Å². The van der Waals surface area contributed by atoms with E-state index < -0.39 is 0 Å². The van der Waals surface area contributed by atoms with Crippen molar-refractivity contribution in [3.05, 3.63) is 65.7 Å². The molecule has 3 N–H and O–H groups in total. The van der Waals surface area contributed by atoms with Gasteiger partial charge in [0.05, 0.1) is 12.6 Å². The van der Waals surface area contributed by atoms with Gasteiger partial charge in [-0.1, -0.05) is 42.5 Å². The molecule has 31 heavy (non-hydrogen) atoms. The van der Waals surface area contributed by atoms with Crippen LogP contribution in [0.1, 0.15) is 37.3 Å². The maximum atomic E-state index is 9.57. The van der Waals surface area contributed by atoms with Gasteiger partial charge in [-0.15, -0.1) is 0 Å². The van der Waals surface area contributed by atoms with E-state index in [1.807, 2.05) is 12.1 Å². The van der Waals surface area contributed by atoms with Crippen LogP contribution in [0.15, 0.2) is 59.6 Å². The molecular weight excluding hydrogens is 388 g/mol. The number of benzene rings is 2. The van der Waals surface area contributed by atoms with Crippen LogP contribution >= 0.6 is 0 Å². The quantitative estimate of drug-likeness (QED) is 0.309. The summed E-state index contributed by atoms with van der Waals surface area (Å²) >= 11 is 0. The van der Waals surface area contributed by atoms with E-state index in [1.54, 1.807) is 12.1 Å². The van der Waals surface area contributed by atoms with E-state index in [-0.39, 0.29) is 5.75 Å². The van der Waals surface area contributed by atoms with Gasteiger partial charge in [0.15, 0.2) is 5.96 Å². The molecule has 0 unspecified atom stereocenters. The highest BCUT2D eigenvalue weighted by atomic mass is 16.5. The third kappa shape index (κ3) is 8.59. The summed E-state index contributed by atoms with van der Waals surface area (Å²) in [4.78, 5) is 7.11. The number of aromatic hydroxyl groups is 1. The molecule has 2 aromatic carbocycles. The van der Waals surface area contributed by atoms with E-state index in [0.29, 0.717) is 12.6 Å². The zero-order valence-electron chi connectivity index (χ0n) is 18.6. The molecule has 1 aliphatic rings. The number of likely N-dealkylation sites (tertiary alicyclic amines) is 1. The van der Waals surface area contributed by atoms with Crippen molar-refractivity contribution in [1.82, 2.24) is 15.5 Å². The zero-order valence-corrected chi connectivity index (χ0v) is 18.6. The number of piperidine rings is 1. The van der Waals surface area contributed by atoms with Gasteiger partial charge in [0.25, 0.3) is 0 Å². The average Bonchev–Trinajstić information content (AvgIpc) is 2.79. The van der Waals surface area contributed by atoms with Gasteiger partial charge in [-0.25, -0.2) is 4.99 Å². The van der Waals surface area contributed by atoms with Crippen molar-refractivity contribution in [2.24, 2.45) is 4.99 Å². The standard InChI is InChI=1S/C25H36N4O2/c1-2-26-25(28-19-22-10-6-11-23(30)18-22)27-14-7-17-31-24-12-15-29(16-13-24)20-21-8-4-3-5-9-21/h3-6,8-11,18,24,30H,2,7,12-17,19-20H2,1H3,(H2,26,27,28). The fraction of sp³-hybridized carbons (Fsp3) is 0.480. The van der Waals surface area contributed by atoms with Crippen LogP contribution in [-0.4, -0.2) is 54.9 Å². The minimum atomic E-state index is 0.272. The first kappa shape index (κ1) is 23.1. The van der Waals surface area contributed by atoms with Gasteiger partial charge < -0.3 is 20.5 Å². The van der Waals surface area contributed by atoms with Crippen molar-refractivity contribution in [3.8, 4) is 5.75 Å². The lowest BCUT2D eigenvalue weighted by atomic mass is 10.1. The van der Waals surface area contributed by atoms with Crippen LogP contribution in [0.2, 0.25) is 0 Å². The zero-order chi connectivity index (χ0) is 21.7. The van der Waals surface area contributed by atoms with E-state index in [2.05, 4.69) is 57.8 Å². The summed E-state index contributed by atoms with van der Waals surface area (Å²) in [6.45, 7) is 8.21. The molecule has 2 aromatic rings. The first-order valence-electron chi connectivity index (χ1n) is 11.4. The lowest BCUT2D eigenvalue weighted by Crippen LogP contribution is -2.38. The van der Waals surface area contributed by atoms with Crippen LogP contribution in [0.4, 0.5) is 0 Å². The van der Waals surface area contributed by atoms with Crippen LogP contribution in [0.5, 0.6) is 5.75 Å². The van der Waals surface area contributed by atoms with Crippen molar-refractivity contribution < 1.29 is 9.84 Å². The van der Waals surface area contributed by atoms with E-state index in [4.69, 9.17) is 4.74 Å². The Bertz CT molecular complexity index is 789. The van der Waals surface area contributed by atoms with Gasteiger partial charge in [-0.05, 0) is 49.4 Å². The second-order valence-corrected chi connectivity index (χ2v) is 7.98. The predicted molar refractivity (Wildman–Crippen MR) is 126 cm³/mol. The van der Waals surface area contributed by atoms with Gasteiger partial charge >= 0.3 is 0 Å². The molecule has 0 amide bonds. The normalized spacial score (nSPS) is 15.7. The first-order chi connectivity index (χ1) is 15.2. The number of phenolic OH excluding ortho intramolecular Hbond substituents is 1. The monoisotopic (exact) mass is 424 g/mol. The number of hydrogen-bond acceptors (Lipinski definition) is 4. The molecule has 6 heteroatoms. The molecule has 0 saturated carbocycles. The highest BCUT2D eigenvalue weighted by Gasteiger charge is 2.19. The summed E-state index contributed by atoms with van der Waals surface area (Å²) in [6, 6.07) is 17.9. The molecular formula is C25H36N4O2. The number of rotatable bonds is 10. The maximum absolute atomic E-state index is 9.57. The fourth-order valence-corrected chi connectivity index (χ4v) is 3.77. The van der Waals surface area contributed by atoms with Crippen molar-refractivity contribution in [2.75, 3.05) is 32.8 Å². The lowest BCUT2D eigenvalue weighted by Gasteiger charge is -2.32. The second kappa shape index (κ2) is 13.0. The van der Waals surface area contributed by atoms with E-state index in [9.17, 15) is 5.11 Å². The Morgan fingerprint density at radius 2 is 1.84 bits per heavy atom. The highest BCUT2D eigenvalue weighted by molar-refractivity contribution is 5.79. The minimum absolute atomic E-state index is 0.272. The topological polar surface area (TPSA) is 69.1 Å². The number of nitrogens with zero attached hydrogens (tertiary/aromatic N) is 2. The van der Waals surface area contributed by atoms with Crippen LogP contribution in [0.25, 0.3) is 0 Å². The van der Waals surface area contributed by atoms with E-state index in [0.717, 1.165) is 70.1 Å². The molecule has 0 aromatic heterocycles. The summed E-state index contributed by atoms with van der Waals surface area (Å²) in [7, 11) is 0. The Morgan fingerprint density at radius 3 is 2.58 bits per heavy atom. The molecule has 1 heterocycles. The second-order valence-electron chi connectivity index (χ2n) is 7.98. The Hall–Kier alpha value is -2.57. The SMILES string of the molecule is CCNC(=NCc1cccc(O)c1)NCCCOC1CCN(Cc2ccccc2)CC1. The molecule has 0 bridgehead atoms. The largest absolute Gasteiger partial charge is 0.508 e. The van der Waals surface area contributed by atoms with Gasteiger partial charge in [0.2, 0.25) is 0 Å². The lowest BCUT2D eigenvalue weighted by molar-refractivity contribution is 0.00534. The predicted octanol–water partition coefficient (Wildman–Crippen LogP) is 3.52. The fourth-order valence-electron chi connectivity index (χ4n) is 3.77. The molecule has 0 radical (unpaired) electrons. The minimum Gasteiger partial charge on any atom is -0.508 e. The Kier molecular flexibility index (Phi) is 9.67. The Balaban J connectivity index is 1.29. The number of nitrogens with one attached hydrogen (secondary N) is 2. The van der Waals surface area contributed by atoms with Crippen LogP contribution in [0.3, 0.4) is 0 Å². The summed E-state index contributed by atoms with van der Waals surface area (Å²) in [5.41, 5.74) is 2.37. The molecule has 1 saturated heterocycles. The number of ether oxygens (including phenoxy) is 1. The third-order valence-electron chi connectivity index (χ3n) is 5.43. The molecule has 1 aliphatic heterocycles. The number of guanidine groups is 1. The summed E-state index contributed by atoms with van der Waals surface area (Å²) in [6.07, 6.45) is 3.53. The Labute approximate surface area is 186 Å². The molecule has 0 atom stereocenters. The smallest absolute Gasteiger partial charge is 0.191 e. The molecule has 6 nitrogen and oxygen atoms in total. The molecule has 3 rings (SSSR count). The van der Waals surface area contributed by atoms with Crippen molar-refractivity contribution in [1.29, 1.82) is 0 Å². The Morgan fingerprint density at radius 1 is 1.06 bits per heavy atom. The number of aliphatic imine (C=N–C) groups is 1. The van der Waals surface area contributed by atoms with Gasteiger partial charge in [-0.2, -0.15) is 0 Å². The molecule has 0 aliphatic carbocycles. The third-order valence-corrected chi connectivity index (χ3v) is 5.43.